The lowest BCUT2D eigenvalue weighted by Crippen LogP contribution is -2.53. The van der Waals surface area contributed by atoms with E-state index in [9.17, 15) is 18.0 Å². The number of carbonyl (C=O) groups excluding carboxylic acids is 2. The standard InChI is InChI=1S/C28H38Cl2N4O4S/c1-19-11-12-20(2)26(15-19)34(39(37,38)32(4)5)18-27(35)33(17-22-13-14-24(29)25(30)16-22)21(3)28(36)31-23-9-7-6-8-10-23/h11-16,21,23H,6-10,17-18H2,1-5H3,(H,31,36)/t21-/m0/s1. The molecule has 1 aliphatic carbocycles. The van der Waals surface area contributed by atoms with E-state index < -0.39 is 28.7 Å². The average Bonchev–Trinajstić information content (AvgIpc) is 2.89. The van der Waals surface area contributed by atoms with Crippen molar-refractivity contribution < 1.29 is 18.0 Å². The number of hydrogen-bond acceptors (Lipinski definition) is 4. The largest absolute Gasteiger partial charge is 0.352 e. The number of hydrogen-bond donors (Lipinski definition) is 1. The number of benzene rings is 2. The first-order chi connectivity index (χ1) is 18.3. The van der Waals surface area contributed by atoms with E-state index >= 15 is 0 Å². The summed E-state index contributed by atoms with van der Waals surface area (Å²) in [5.74, 6) is -0.789. The summed E-state index contributed by atoms with van der Waals surface area (Å²) in [4.78, 5) is 28.7. The van der Waals surface area contributed by atoms with Crippen LogP contribution in [0.15, 0.2) is 36.4 Å². The highest BCUT2D eigenvalue weighted by Gasteiger charge is 2.34. The van der Waals surface area contributed by atoms with E-state index in [0.29, 0.717) is 26.9 Å². The number of rotatable bonds is 10. The summed E-state index contributed by atoms with van der Waals surface area (Å²) in [6.45, 7) is 4.89. The van der Waals surface area contributed by atoms with Gasteiger partial charge in [0.2, 0.25) is 11.8 Å². The third kappa shape index (κ3) is 7.87. The van der Waals surface area contributed by atoms with Crippen LogP contribution in [0.2, 0.25) is 10.0 Å². The molecule has 3 rings (SSSR count). The Balaban J connectivity index is 1.97. The van der Waals surface area contributed by atoms with Gasteiger partial charge in [-0.2, -0.15) is 12.7 Å². The first kappa shape index (κ1) is 31.2. The van der Waals surface area contributed by atoms with Gasteiger partial charge >= 0.3 is 10.2 Å². The predicted molar refractivity (Wildman–Crippen MR) is 157 cm³/mol. The zero-order valence-electron chi connectivity index (χ0n) is 23.2. The molecule has 0 aromatic heterocycles. The minimum atomic E-state index is -4.03. The van der Waals surface area contributed by atoms with Gasteiger partial charge in [0.25, 0.3) is 0 Å². The second-order valence-corrected chi connectivity index (χ2v) is 13.3. The van der Waals surface area contributed by atoms with Crippen molar-refractivity contribution in [1.29, 1.82) is 0 Å². The molecule has 0 saturated heterocycles. The van der Waals surface area contributed by atoms with E-state index in [2.05, 4.69) is 5.32 Å². The Kier molecular flexibility index (Phi) is 10.7. The number of nitrogens with zero attached hydrogens (tertiary/aromatic N) is 3. The van der Waals surface area contributed by atoms with Crippen LogP contribution in [0.4, 0.5) is 5.69 Å². The fraction of sp³-hybridized carbons (Fsp3) is 0.500. The van der Waals surface area contributed by atoms with Gasteiger partial charge in [-0.3, -0.25) is 9.59 Å². The molecular formula is C28H38Cl2N4O4S. The molecule has 1 saturated carbocycles. The van der Waals surface area contributed by atoms with E-state index in [1.54, 1.807) is 38.1 Å². The van der Waals surface area contributed by atoms with Gasteiger partial charge in [-0.05, 0) is 68.5 Å². The van der Waals surface area contributed by atoms with Crippen molar-refractivity contribution in [2.75, 3.05) is 24.9 Å². The molecule has 1 fully saturated rings. The van der Waals surface area contributed by atoms with Gasteiger partial charge in [-0.25, -0.2) is 4.31 Å². The lowest BCUT2D eigenvalue weighted by atomic mass is 9.95. The SMILES string of the molecule is Cc1ccc(C)c(N(CC(=O)N(Cc2ccc(Cl)c(Cl)c2)[C@@H](C)C(=O)NC2CCCCC2)S(=O)(=O)N(C)C)c1. The normalized spacial score (nSPS) is 15.2. The summed E-state index contributed by atoms with van der Waals surface area (Å²) < 4.78 is 29.0. The number of amides is 2. The third-order valence-electron chi connectivity index (χ3n) is 7.11. The lowest BCUT2D eigenvalue weighted by molar-refractivity contribution is -0.139. The van der Waals surface area contributed by atoms with Crippen LogP contribution in [0.1, 0.15) is 55.7 Å². The van der Waals surface area contributed by atoms with Crippen molar-refractivity contribution in [2.45, 2.75) is 71.5 Å². The summed E-state index contributed by atoms with van der Waals surface area (Å²) >= 11 is 12.3. The van der Waals surface area contributed by atoms with Gasteiger partial charge in [-0.15, -0.1) is 0 Å². The maximum atomic E-state index is 13.9. The topological polar surface area (TPSA) is 90.0 Å². The molecule has 0 radical (unpaired) electrons. The van der Waals surface area contributed by atoms with E-state index in [0.717, 1.165) is 46.3 Å². The van der Waals surface area contributed by atoms with Crippen molar-refractivity contribution in [3.05, 3.63) is 63.1 Å². The van der Waals surface area contributed by atoms with Crippen molar-refractivity contribution in [3.8, 4) is 0 Å². The van der Waals surface area contributed by atoms with E-state index in [1.165, 1.54) is 19.0 Å². The Labute approximate surface area is 242 Å². The number of nitrogens with one attached hydrogen (secondary N) is 1. The maximum absolute atomic E-state index is 13.9. The van der Waals surface area contributed by atoms with Crippen molar-refractivity contribution in [3.63, 3.8) is 0 Å². The first-order valence-corrected chi connectivity index (χ1v) is 15.3. The summed E-state index contributed by atoms with van der Waals surface area (Å²) in [6, 6.07) is 9.68. The Morgan fingerprint density at radius 3 is 2.28 bits per heavy atom. The van der Waals surface area contributed by atoms with Gasteiger partial charge in [0.15, 0.2) is 0 Å². The molecule has 39 heavy (non-hydrogen) atoms. The van der Waals surface area contributed by atoms with Crippen LogP contribution in [-0.2, 0) is 26.3 Å². The molecule has 1 N–H and O–H groups in total. The Hall–Kier alpha value is -2.33. The van der Waals surface area contributed by atoms with Crippen LogP contribution in [0, 0.1) is 13.8 Å². The van der Waals surface area contributed by atoms with Crippen LogP contribution >= 0.6 is 23.2 Å². The number of halogens is 2. The summed E-state index contributed by atoms with van der Waals surface area (Å²) in [5.41, 5.74) is 2.64. The molecule has 8 nitrogen and oxygen atoms in total. The van der Waals surface area contributed by atoms with Gasteiger partial charge in [0.05, 0.1) is 15.7 Å². The minimum absolute atomic E-state index is 0.0532. The van der Waals surface area contributed by atoms with Crippen molar-refractivity contribution in [2.24, 2.45) is 0 Å². The van der Waals surface area contributed by atoms with Crippen molar-refractivity contribution >= 4 is 50.9 Å². The number of carbonyl (C=O) groups is 2. The highest BCUT2D eigenvalue weighted by molar-refractivity contribution is 7.90. The highest BCUT2D eigenvalue weighted by Crippen LogP contribution is 2.27. The molecule has 0 spiro atoms. The molecular weight excluding hydrogens is 559 g/mol. The van der Waals surface area contributed by atoms with Crippen molar-refractivity contribution in [1.82, 2.24) is 14.5 Å². The van der Waals surface area contributed by atoms with Crippen LogP contribution in [0.25, 0.3) is 0 Å². The third-order valence-corrected chi connectivity index (χ3v) is 9.65. The number of aryl methyl sites for hydroxylation is 2. The molecule has 0 unspecified atom stereocenters. The molecule has 0 aliphatic heterocycles. The van der Waals surface area contributed by atoms with Gasteiger partial charge < -0.3 is 10.2 Å². The molecule has 2 aromatic rings. The molecule has 0 bridgehead atoms. The van der Waals surface area contributed by atoms with Crippen LogP contribution < -0.4 is 9.62 Å². The predicted octanol–water partition coefficient (Wildman–Crippen LogP) is 5.09. The molecule has 2 aromatic carbocycles. The molecule has 1 aliphatic rings. The quantitative estimate of drug-likeness (QED) is 0.413. The lowest BCUT2D eigenvalue weighted by Gasteiger charge is -2.34. The summed E-state index contributed by atoms with van der Waals surface area (Å²) in [6.07, 6.45) is 5.07. The van der Waals surface area contributed by atoms with E-state index in [1.807, 2.05) is 19.1 Å². The van der Waals surface area contributed by atoms with Gasteiger partial charge in [0, 0.05) is 26.7 Å². The zero-order valence-corrected chi connectivity index (χ0v) is 25.5. The fourth-order valence-corrected chi connectivity index (χ4v) is 6.11. The maximum Gasteiger partial charge on any atom is 0.304 e. The second kappa shape index (κ2) is 13.4. The molecule has 2 amide bonds. The Bertz CT molecular complexity index is 1300. The molecule has 1 atom stereocenters. The fourth-order valence-electron chi connectivity index (χ4n) is 4.68. The zero-order chi connectivity index (χ0) is 28.9. The molecule has 0 heterocycles. The molecule has 214 valence electrons. The average molecular weight is 598 g/mol. The number of anilines is 1. The first-order valence-electron chi connectivity index (χ1n) is 13.1. The summed E-state index contributed by atoms with van der Waals surface area (Å²) in [7, 11) is -1.19. The Morgan fingerprint density at radius 2 is 1.67 bits per heavy atom. The van der Waals surface area contributed by atoms with E-state index in [4.69, 9.17) is 23.2 Å². The van der Waals surface area contributed by atoms with Crippen LogP contribution in [-0.4, -0.2) is 62.2 Å². The Morgan fingerprint density at radius 1 is 1.00 bits per heavy atom. The second-order valence-electron chi connectivity index (χ2n) is 10.4. The minimum Gasteiger partial charge on any atom is -0.352 e. The van der Waals surface area contributed by atoms with Crippen LogP contribution in [0.5, 0.6) is 0 Å². The smallest absolute Gasteiger partial charge is 0.304 e. The summed E-state index contributed by atoms with van der Waals surface area (Å²) in [5, 5.41) is 3.79. The van der Waals surface area contributed by atoms with Gasteiger partial charge in [-0.1, -0.05) is 60.7 Å². The van der Waals surface area contributed by atoms with Crippen LogP contribution in [0.3, 0.4) is 0 Å². The molecule has 11 heteroatoms. The monoisotopic (exact) mass is 596 g/mol. The highest BCUT2D eigenvalue weighted by atomic mass is 35.5. The van der Waals surface area contributed by atoms with Gasteiger partial charge in [0.1, 0.15) is 12.6 Å². The van der Waals surface area contributed by atoms with E-state index in [-0.39, 0.29) is 18.5 Å².